The second-order valence-electron chi connectivity index (χ2n) is 5.48. The fourth-order valence-corrected chi connectivity index (χ4v) is 2.93. The van der Waals surface area contributed by atoms with E-state index in [0.717, 1.165) is 12.1 Å². The number of carbonyl (C=O) groups is 1. The van der Waals surface area contributed by atoms with Gasteiger partial charge in [0, 0.05) is 17.8 Å². The van der Waals surface area contributed by atoms with Crippen molar-refractivity contribution in [3.05, 3.63) is 59.4 Å². The zero-order valence-corrected chi connectivity index (χ0v) is 13.2. The van der Waals surface area contributed by atoms with Crippen LogP contribution in [-0.2, 0) is 0 Å². The Morgan fingerprint density at radius 3 is 2.78 bits per heavy atom. The van der Waals surface area contributed by atoms with Gasteiger partial charge in [-0.3, -0.25) is 4.79 Å². The fraction of sp³-hybridized carbons (Fsp3) is 0.278. The summed E-state index contributed by atoms with van der Waals surface area (Å²) >= 11 is 0. The van der Waals surface area contributed by atoms with Gasteiger partial charge in [-0.25, -0.2) is 4.39 Å². The van der Waals surface area contributed by atoms with E-state index in [1.165, 1.54) is 12.1 Å². The molecule has 0 saturated carbocycles. The number of hydrogen-bond donors (Lipinski definition) is 1. The molecule has 0 fully saturated rings. The van der Waals surface area contributed by atoms with E-state index in [1.807, 2.05) is 25.1 Å². The zero-order chi connectivity index (χ0) is 16.4. The lowest BCUT2D eigenvalue weighted by atomic mass is 10.0. The molecule has 0 aliphatic carbocycles. The third kappa shape index (κ3) is 2.74. The molecular weight excluding hydrogens is 295 g/mol. The van der Waals surface area contributed by atoms with Gasteiger partial charge in [-0.05, 0) is 36.8 Å². The van der Waals surface area contributed by atoms with E-state index < -0.39 is 6.17 Å². The summed E-state index contributed by atoms with van der Waals surface area (Å²) in [6, 6.07) is 11.7. The Hall–Kier alpha value is -2.56. The van der Waals surface area contributed by atoms with Gasteiger partial charge in [0.2, 0.25) is 0 Å². The van der Waals surface area contributed by atoms with Gasteiger partial charge in [-0.15, -0.1) is 0 Å². The first-order chi connectivity index (χ1) is 11.2. The van der Waals surface area contributed by atoms with Crippen LogP contribution >= 0.6 is 0 Å². The molecule has 2 aromatic rings. The minimum Gasteiger partial charge on any atom is -0.496 e. The largest absolute Gasteiger partial charge is 0.496 e. The number of rotatable bonds is 4. The molecule has 0 radical (unpaired) electrons. The topological polar surface area (TPSA) is 41.6 Å². The molecule has 1 heterocycles. The minimum absolute atomic E-state index is 0.0579. The van der Waals surface area contributed by atoms with Crippen LogP contribution in [0.2, 0.25) is 0 Å². The Labute approximate surface area is 134 Å². The van der Waals surface area contributed by atoms with Crippen molar-refractivity contribution in [2.45, 2.75) is 19.5 Å². The molecule has 1 atom stereocenters. The minimum atomic E-state index is -0.456. The Morgan fingerprint density at radius 2 is 2.04 bits per heavy atom. The van der Waals surface area contributed by atoms with Crippen molar-refractivity contribution in [1.82, 2.24) is 4.90 Å². The van der Waals surface area contributed by atoms with Crippen LogP contribution in [0.25, 0.3) is 0 Å². The summed E-state index contributed by atoms with van der Waals surface area (Å²) in [7, 11) is 1.54. The molecule has 0 aromatic heterocycles. The number of nitrogens with one attached hydrogen (secondary N) is 1. The highest BCUT2D eigenvalue weighted by molar-refractivity contribution is 6.01. The van der Waals surface area contributed by atoms with Crippen molar-refractivity contribution in [3.8, 4) is 5.75 Å². The summed E-state index contributed by atoms with van der Waals surface area (Å²) in [4.78, 5) is 14.5. The summed E-state index contributed by atoms with van der Waals surface area (Å²) in [5, 5.41) is 3.34. The molecule has 0 saturated heterocycles. The molecule has 1 unspecified atom stereocenters. The highest BCUT2D eigenvalue weighted by atomic mass is 19.1. The van der Waals surface area contributed by atoms with Gasteiger partial charge in [0.25, 0.3) is 5.91 Å². The molecular formula is C18H19FN2O2. The van der Waals surface area contributed by atoms with Crippen molar-refractivity contribution >= 4 is 11.6 Å². The quantitative estimate of drug-likeness (QED) is 0.933. The monoisotopic (exact) mass is 314 g/mol. The van der Waals surface area contributed by atoms with E-state index in [1.54, 1.807) is 24.1 Å². The van der Waals surface area contributed by atoms with E-state index >= 15 is 0 Å². The molecule has 3 rings (SSSR count). The number of halogens is 1. The third-order valence-corrected chi connectivity index (χ3v) is 3.97. The summed E-state index contributed by atoms with van der Waals surface area (Å²) in [5.74, 6) is 0.139. The van der Waals surface area contributed by atoms with Crippen LogP contribution in [0.15, 0.2) is 42.5 Å². The van der Waals surface area contributed by atoms with Gasteiger partial charge >= 0.3 is 0 Å². The molecule has 0 bridgehead atoms. The molecule has 0 spiro atoms. The first-order valence-electron chi connectivity index (χ1n) is 7.65. The molecule has 2 aromatic carbocycles. The standard InChI is InChI=1S/C18H19FN2O2/c1-3-10-21-17(14-11-12(19)8-9-16(14)23-2)20-15-7-5-4-6-13(15)18(21)22/h4-9,11,17,20H,3,10H2,1-2H3. The summed E-state index contributed by atoms with van der Waals surface area (Å²) in [5.41, 5.74) is 2.00. The van der Waals surface area contributed by atoms with E-state index in [-0.39, 0.29) is 11.7 Å². The molecule has 1 aliphatic rings. The normalized spacial score (nSPS) is 16.7. The number of hydrogen-bond acceptors (Lipinski definition) is 3. The van der Waals surface area contributed by atoms with E-state index in [9.17, 15) is 9.18 Å². The van der Waals surface area contributed by atoms with Crippen molar-refractivity contribution in [3.63, 3.8) is 0 Å². The lowest BCUT2D eigenvalue weighted by molar-refractivity contribution is 0.0681. The summed E-state index contributed by atoms with van der Waals surface area (Å²) < 4.78 is 19.1. The van der Waals surface area contributed by atoms with Gasteiger partial charge in [0.05, 0.1) is 12.7 Å². The van der Waals surface area contributed by atoms with Crippen LogP contribution in [0.3, 0.4) is 0 Å². The van der Waals surface area contributed by atoms with Gasteiger partial charge in [0.1, 0.15) is 17.7 Å². The van der Waals surface area contributed by atoms with Crippen LogP contribution < -0.4 is 10.1 Å². The number of nitrogens with zero attached hydrogens (tertiary/aromatic N) is 1. The van der Waals surface area contributed by atoms with Crippen LogP contribution in [-0.4, -0.2) is 24.5 Å². The number of anilines is 1. The lowest BCUT2D eigenvalue weighted by Gasteiger charge is -2.38. The van der Waals surface area contributed by atoms with Gasteiger partial charge in [-0.2, -0.15) is 0 Å². The van der Waals surface area contributed by atoms with Gasteiger partial charge < -0.3 is 15.0 Å². The van der Waals surface area contributed by atoms with Crippen LogP contribution in [0, 0.1) is 5.82 Å². The first kappa shape index (κ1) is 15.3. The maximum Gasteiger partial charge on any atom is 0.257 e. The van der Waals surface area contributed by atoms with Crippen molar-refractivity contribution in [2.75, 3.05) is 19.0 Å². The predicted octanol–water partition coefficient (Wildman–Crippen LogP) is 3.81. The number of ether oxygens (including phenoxy) is 1. The zero-order valence-electron chi connectivity index (χ0n) is 13.2. The smallest absolute Gasteiger partial charge is 0.257 e. The van der Waals surface area contributed by atoms with Crippen molar-refractivity contribution in [1.29, 1.82) is 0 Å². The Bertz CT molecular complexity index is 733. The fourth-order valence-electron chi connectivity index (χ4n) is 2.93. The number of fused-ring (bicyclic) bond motifs is 1. The Balaban J connectivity index is 2.10. The maximum atomic E-state index is 13.8. The second kappa shape index (κ2) is 6.28. The first-order valence-corrected chi connectivity index (χ1v) is 7.65. The highest BCUT2D eigenvalue weighted by Gasteiger charge is 2.33. The molecule has 23 heavy (non-hydrogen) atoms. The van der Waals surface area contributed by atoms with E-state index in [4.69, 9.17) is 4.74 Å². The average molecular weight is 314 g/mol. The number of carbonyl (C=O) groups excluding carboxylic acids is 1. The molecule has 1 amide bonds. The summed E-state index contributed by atoms with van der Waals surface area (Å²) in [6.07, 6.45) is 0.354. The number of para-hydroxylation sites is 1. The van der Waals surface area contributed by atoms with Crippen molar-refractivity contribution < 1.29 is 13.9 Å². The molecule has 1 aliphatic heterocycles. The van der Waals surface area contributed by atoms with Crippen LogP contribution in [0.1, 0.15) is 35.4 Å². The lowest BCUT2D eigenvalue weighted by Crippen LogP contribution is -2.43. The van der Waals surface area contributed by atoms with E-state index in [2.05, 4.69) is 5.32 Å². The Kier molecular flexibility index (Phi) is 4.19. The molecule has 1 N–H and O–H groups in total. The van der Waals surface area contributed by atoms with Crippen molar-refractivity contribution in [2.24, 2.45) is 0 Å². The molecule has 4 nitrogen and oxygen atoms in total. The third-order valence-electron chi connectivity index (χ3n) is 3.97. The highest BCUT2D eigenvalue weighted by Crippen LogP contribution is 2.37. The SMILES string of the molecule is CCCN1C(=O)c2ccccc2NC1c1cc(F)ccc1OC. The van der Waals surface area contributed by atoms with Crippen LogP contribution in [0.4, 0.5) is 10.1 Å². The number of benzene rings is 2. The number of amides is 1. The van der Waals surface area contributed by atoms with Gasteiger partial charge in [0.15, 0.2) is 0 Å². The van der Waals surface area contributed by atoms with Gasteiger partial charge in [-0.1, -0.05) is 19.1 Å². The predicted molar refractivity (Wildman–Crippen MR) is 87.1 cm³/mol. The maximum absolute atomic E-state index is 13.8. The number of methoxy groups -OCH3 is 1. The van der Waals surface area contributed by atoms with E-state index in [0.29, 0.717) is 23.4 Å². The second-order valence-corrected chi connectivity index (χ2v) is 5.48. The average Bonchev–Trinajstić information content (AvgIpc) is 2.57. The van der Waals surface area contributed by atoms with Crippen LogP contribution in [0.5, 0.6) is 5.75 Å². The summed E-state index contributed by atoms with van der Waals surface area (Å²) in [6.45, 7) is 2.58. The molecule has 120 valence electrons. The Morgan fingerprint density at radius 1 is 1.26 bits per heavy atom. The molecule has 5 heteroatoms.